The minimum atomic E-state index is -0.343. The van der Waals surface area contributed by atoms with Crippen molar-refractivity contribution >= 4 is 11.8 Å². The van der Waals surface area contributed by atoms with Gasteiger partial charge in [0.2, 0.25) is 11.8 Å². The summed E-state index contributed by atoms with van der Waals surface area (Å²) in [5.41, 5.74) is 2.84. The summed E-state index contributed by atoms with van der Waals surface area (Å²) in [7, 11) is 0. The smallest absolute Gasteiger partial charge is 0.239 e. The topological polar surface area (TPSA) is 58.2 Å². The lowest BCUT2D eigenvalue weighted by Gasteiger charge is -2.09. The van der Waals surface area contributed by atoms with Crippen LogP contribution in [0.3, 0.4) is 0 Å². The Morgan fingerprint density at radius 1 is 0.957 bits per heavy atom. The molecule has 120 valence electrons. The van der Waals surface area contributed by atoms with Crippen LogP contribution in [0.5, 0.6) is 0 Å². The van der Waals surface area contributed by atoms with Gasteiger partial charge in [-0.3, -0.25) is 9.59 Å². The van der Waals surface area contributed by atoms with E-state index < -0.39 is 0 Å². The van der Waals surface area contributed by atoms with Crippen LogP contribution in [0, 0.1) is 12.7 Å². The van der Waals surface area contributed by atoms with Gasteiger partial charge in [0, 0.05) is 6.54 Å². The molecule has 0 atom stereocenters. The Morgan fingerprint density at radius 2 is 1.65 bits per heavy atom. The van der Waals surface area contributed by atoms with Gasteiger partial charge in [0.1, 0.15) is 5.82 Å². The predicted molar refractivity (Wildman–Crippen MR) is 86.1 cm³/mol. The number of carbonyl (C=O) groups is 2. The van der Waals surface area contributed by atoms with Gasteiger partial charge in [-0.2, -0.15) is 0 Å². The maximum Gasteiger partial charge on any atom is 0.239 e. The summed E-state index contributed by atoms with van der Waals surface area (Å²) < 4.78 is 12.8. The van der Waals surface area contributed by atoms with Gasteiger partial charge >= 0.3 is 0 Å². The monoisotopic (exact) mass is 314 g/mol. The molecule has 23 heavy (non-hydrogen) atoms. The average Bonchev–Trinajstić information content (AvgIpc) is 2.54. The van der Waals surface area contributed by atoms with Gasteiger partial charge in [-0.15, -0.1) is 0 Å². The predicted octanol–water partition coefficient (Wildman–Crippen LogP) is 2.11. The fourth-order valence-corrected chi connectivity index (χ4v) is 2.09. The molecule has 0 spiro atoms. The maximum absolute atomic E-state index is 12.8. The summed E-state index contributed by atoms with van der Waals surface area (Å²) in [4.78, 5) is 23.5. The average molecular weight is 314 g/mol. The molecule has 0 radical (unpaired) electrons. The first-order valence-electron chi connectivity index (χ1n) is 7.37. The fourth-order valence-electron chi connectivity index (χ4n) is 2.09. The van der Waals surface area contributed by atoms with Crippen LogP contribution in [-0.2, 0) is 22.6 Å². The van der Waals surface area contributed by atoms with Gasteiger partial charge in [-0.25, -0.2) is 4.39 Å². The number of rotatable bonds is 6. The van der Waals surface area contributed by atoms with Crippen molar-refractivity contribution < 1.29 is 14.0 Å². The molecule has 0 aliphatic heterocycles. The zero-order chi connectivity index (χ0) is 16.7. The molecule has 0 aliphatic carbocycles. The quantitative estimate of drug-likeness (QED) is 0.858. The Morgan fingerprint density at radius 3 is 2.35 bits per heavy atom. The third-order valence-corrected chi connectivity index (χ3v) is 3.46. The van der Waals surface area contributed by atoms with Crippen molar-refractivity contribution in [2.75, 3.05) is 6.54 Å². The Hall–Kier alpha value is -2.69. The van der Waals surface area contributed by atoms with Crippen LogP contribution in [-0.4, -0.2) is 18.4 Å². The highest BCUT2D eigenvalue weighted by Gasteiger charge is 2.07. The number of hydrogen-bond acceptors (Lipinski definition) is 2. The first kappa shape index (κ1) is 16.7. The van der Waals surface area contributed by atoms with Crippen LogP contribution in [0.15, 0.2) is 48.5 Å². The molecule has 2 amide bonds. The van der Waals surface area contributed by atoms with Gasteiger partial charge in [0.15, 0.2) is 0 Å². The van der Waals surface area contributed by atoms with Crippen LogP contribution >= 0.6 is 0 Å². The molecule has 0 fully saturated rings. The fraction of sp³-hybridized carbons (Fsp3) is 0.222. The molecule has 0 aliphatic rings. The summed E-state index contributed by atoms with van der Waals surface area (Å²) in [5, 5.41) is 5.31. The van der Waals surface area contributed by atoms with E-state index in [4.69, 9.17) is 0 Å². The van der Waals surface area contributed by atoms with E-state index in [1.165, 1.54) is 12.1 Å². The van der Waals surface area contributed by atoms with Crippen molar-refractivity contribution in [3.8, 4) is 0 Å². The molecular weight excluding hydrogens is 295 g/mol. The third kappa shape index (κ3) is 5.54. The minimum absolute atomic E-state index is 0.0775. The molecule has 0 bridgehead atoms. The Bertz CT molecular complexity index is 684. The SMILES string of the molecule is Cc1ccccc1CNC(=O)CNC(=O)Cc1ccc(F)cc1. The van der Waals surface area contributed by atoms with Gasteiger partial charge in [-0.1, -0.05) is 36.4 Å². The van der Waals surface area contributed by atoms with E-state index >= 15 is 0 Å². The lowest BCUT2D eigenvalue weighted by molar-refractivity contribution is -0.125. The lowest BCUT2D eigenvalue weighted by atomic mass is 10.1. The van der Waals surface area contributed by atoms with Crippen LogP contribution in [0.4, 0.5) is 4.39 Å². The van der Waals surface area contributed by atoms with Crippen molar-refractivity contribution in [2.24, 2.45) is 0 Å². The summed E-state index contributed by atoms with van der Waals surface area (Å²) in [6.07, 6.45) is 0.116. The number of benzene rings is 2. The van der Waals surface area contributed by atoms with Crippen LogP contribution in [0.25, 0.3) is 0 Å². The van der Waals surface area contributed by atoms with Crippen molar-refractivity contribution in [3.63, 3.8) is 0 Å². The standard InChI is InChI=1S/C18H19FN2O2/c1-13-4-2-3-5-15(13)11-20-18(23)12-21-17(22)10-14-6-8-16(19)9-7-14/h2-9H,10-12H2,1H3,(H,20,23)(H,21,22). The molecule has 0 heterocycles. The number of halogens is 1. The number of hydrogen-bond donors (Lipinski definition) is 2. The summed E-state index contributed by atoms with van der Waals surface area (Å²) in [5.74, 6) is -0.867. The Kier molecular flexibility index (Phi) is 5.86. The largest absolute Gasteiger partial charge is 0.350 e. The Balaban J connectivity index is 1.72. The highest BCUT2D eigenvalue weighted by atomic mass is 19.1. The molecule has 4 nitrogen and oxygen atoms in total. The summed E-state index contributed by atoms with van der Waals surface area (Å²) >= 11 is 0. The first-order valence-corrected chi connectivity index (χ1v) is 7.37. The molecule has 2 rings (SSSR count). The number of amides is 2. The normalized spacial score (nSPS) is 10.2. The number of nitrogens with one attached hydrogen (secondary N) is 2. The summed E-state index contributed by atoms with van der Waals surface area (Å²) in [6.45, 7) is 2.33. The molecular formula is C18H19FN2O2. The molecule has 0 saturated heterocycles. The number of carbonyl (C=O) groups excluding carboxylic acids is 2. The molecule has 0 aromatic heterocycles. The second kappa shape index (κ2) is 8.08. The van der Waals surface area contributed by atoms with Crippen LogP contribution < -0.4 is 10.6 Å². The van der Waals surface area contributed by atoms with Crippen molar-refractivity contribution in [2.45, 2.75) is 19.9 Å². The van der Waals surface area contributed by atoms with E-state index in [1.807, 2.05) is 31.2 Å². The van der Waals surface area contributed by atoms with E-state index in [0.717, 1.165) is 11.1 Å². The second-order valence-corrected chi connectivity index (χ2v) is 5.28. The molecule has 2 aromatic carbocycles. The van der Waals surface area contributed by atoms with Crippen LogP contribution in [0.2, 0.25) is 0 Å². The van der Waals surface area contributed by atoms with Gasteiger partial charge < -0.3 is 10.6 Å². The van der Waals surface area contributed by atoms with Gasteiger partial charge in [0.05, 0.1) is 13.0 Å². The van der Waals surface area contributed by atoms with E-state index in [0.29, 0.717) is 12.1 Å². The highest BCUT2D eigenvalue weighted by Crippen LogP contribution is 2.06. The van der Waals surface area contributed by atoms with Crippen molar-refractivity contribution in [3.05, 3.63) is 71.0 Å². The van der Waals surface area contributed by atoms with Gasteiger partial charge in [-0.05, 0) is 35.7 Å². The molecule has 2 N–H and O–H groups in total. The number of aryl methyl sites for hydroxylation is 1. The minimum Gasteiger partial charge on any atom is -0.350 e. The van der Waals surface area contributed by atoms with E-state index in [2.05, 4.69) is 10.6 Å². The van der Waals surface area contributed by atoms with Gasteiger partial charge in [0.25, 0.3) is 0 Å². The molecule has 5 heteroatoms. The zero-order valence-corrected chi connectivity index (χ0v) is 12.9. The highest BCUT2D eigenvalue weighted by molar-refractivity contribution is 5.85. The van der Waals surface area contributed by atoms with E-state index in [1.54, 1.807) is 12.1 Å². The first-order chi connectivity index (χ1) is 11.0. The van der Waals surface area contributed by atoms with Crippen molar-refractivity contribution in [1.82, 2.24) is 10.6 Å². The molecule has 0 unspecified atom stereocenters. The second-order valence-electron chi connectivity index (χ2n) is 5.28. The van der Waals surface area contributed by atoms with E-state index in [-0.39, 0.29) is 30.6 Å². The lowest BCUT2D eigenvalue weighted by Crippen LogP contribution is -2.37. The Labute approximate surface area is 134 Å². The summed E-state index contributed by atoms with van der Waals surface area (Å²) in [6, 6.07) is 13.5. The zero-order valence-electron chi connectivity index (χ0n) is 12.9. The molecule has 0 saturated carbocycles. The molecule has 2 aromatic rings. The van der Waals surface area contributed by atoms with E-state index in [9.17, 15) is 14.0 Å². The maximum atomic E-state index is 12.8. The third-order valence-electron chi connectivity index (χ3n) is 3.46. The van der Waals surface area contributed by atoms with Crippen molar-refractivity contribution in [1.29, 1.82) is 0 Å². The van der Waals surface area contributed by atoms with Crippen LogP contribution in [0.1, 0.15) is 16.7 Å².